The van der Waals surface area contributed by atoms with Crippen molar-refractivity contribution in [1.29, 1.82) is 5.26 Å². The number of anilines is 1. The van der Waals surface area contributed by atoms with Crippen LogP contribution in [0.4, 0.5) is 5.82 Å². The molecule has 65 heavy (non-hydrogen) atoms. The molecular weight excluding hydrogens is 862 g/mol. The summed E-state index contributed by atoms with van der Waals surface area (Å²) >= 11 is 0. The molecule has 2 N–H and O–H groups in total. The Bertz CT molecular complexity index is 1830. The number of carbonyl (C=O) groups excluding carboxylic acids is 4. The van der Waals surface area contributed by atoms with Gasteiger partial charge in [-0.2, -0.15) is 10.4 Å². The standard InChI is InChI=1S/C46H74N5O13P/c1-9-17-32(18-10-2)42(52)57-30-60-65(56,61-31-58-43(53)33(19-11-3)20-12-4)59-27-37-39(62-44(54)34(21-13-5)22-14-6)40(63-45(55)35(23-15-7)24-16-8)46(28-47,64-37)38-26-25-36-41(48)49-29-50-51(36)38/h25-26,29,32-35,37,39-40H,9-24,27,30-31H2,1-8H3,(H2,48,49,50)/t37-,39-,40-,46+/m1/s1. The molecule has 0 aromatic carbocycles. The topological polar surface area (TPSA) is 239 Å². The maximum absolute atomic E-state index is 14.5. The molecule has 1 saturated heterocycles. The Morgan fingerprint density at radius 2 is 1.14 bits per heavy atom. The van der Waals surface area contributed by atoms with Crippen LogP contribution in [0, 0.1) is 35.0 Å². The molecule has 0 spiro atoms. The summed E-state index contributed by atoms with van der Waals surface area (Å²) in [4.78, 5) is 58.5. The molecule has 1 aliphatic rings. The number of hydrogen-bond donors (Lipinski definition) is 1. The van der Waals surface area contributed by atoms with Crippen LogP contribution >= 0.6 is 7.82 Å². The van der Waals surface area contributed by atoms with Crippen molar-refractivity contribution < 1.29 is 61.0 Å². The summed E-state index contributed by atoms with van der Waals surface area (Å²) in [7, 11) is -4.85. The fraction of sp³-hybridized carbons (Fsp3) is 0.761. The molecule has 3 rings (SSSR count). The van der Waals surface area contributed by atoms with Gasteiger partial charge in [-0.1, -0.05) is 107 Å². The van der Waals surface area contributed by atoms with Crippen molar-refractivity contribution in [2.75, 3.05) is 25.9 Å². The Balaban J connectivity index is 2.15. The second-order valence-corrected chi connectivity index (χ2v) is 18.4. The van der Waals surface area contributed by atoms with Crippen LogP contribution in [-0.2, 0) is 66.6 Å². The number of hydrogen-bond acceptors (Lipinski definition) is 17. The van der Waals surface area contributed by atoms with E-state index in [4.69, 9.17) is 43.0 Å². The van der Waals surface area contributed by atoms with E-state index in [-0.39, 0.29) is 11.5 Å². The quantitative estimate of drug-likeness (QED) is 0.0311. The lowest BCUT2D eigenvalue weighted by Gasteiger charge is -2.30. The summed E-state index contributed by atoms with van der Waals surface area (Å²) in [6, 6.07) is 5.29. The van der Waals surface area contributed by atoms with E-state index in [1.54, 1.807) is 6.07 Å². The van der Waals surface area contributed by atoms with Crippen LogP contribution in [0.25, 0.3) is 5.52 Å². The highest BCUT2D eigenvalue weighted by molar-refractivity contribution is 7.48. The van der Waals surface area contributed by atoms with E-state index in [0.29, 0.717) is 82.6 Å². The Morgan fingerprint density at radius 1 is 0.708 bits per heavy atom. The van der Waals surface area contributed by atoms with Crippen molar-refractivity contribution in [1.82, 2.24) is 14.6 Å². The van der Waals surface area contributed by atoms with Crippen molar-refractivity contribution in [3.8, 4) is 6.07 Å². The summed E-state index contributed by atoms with van der Waals surface area (Å²) in [5.74, 6) is -4.24. The average molecular weight is 936 g/mol. The van der Waals surface area contributed by atoms with Crippen LogP contribution in [0.2, 0.25) is 0 Å². The molecule has 0 bridgehead atoms. The fourth-order valence-electron chi connectivity index (χ4n) is 8.37. The SMILES string of the molecule is CCCC(CCC)C(=O)OCOP(=O)(OCOC(=O)C(CCC)CCC)OC[C@H]1O[C@@](C#N)(c2ccc3c(N)ncnn23)[C@H](OC(=O)C(CCC)CCC)[C@@H]1OC(=O)C(CCC)CCC. The minimum Gasteiger partial charge on any atom is -0.455 e. The van der Waals surface area contributed by atoms with Gasteiger partial charge in [-0.3, -0.25) is 23.7 Å². The molecule has 366 valence electrons. The van der Waals surface area contributed by atoms with Crippen LogP contribution in [0.3, 0.4) is 0 Å². The highest BCUT2D eigenvalue weighted by atomic mass is 31.2. The Hall–Kier alpha value is -4.14. The number of phosphoric acid groups is 1. The molecule has 4 atom stereocenters. The highest BCUT2D eigenvalue weighted by Crippen LogP contribution is 2.52. The summed E-state index contributed by atoms with van der Waals surface area (Å²) < 4.78 is 62.9. The number of aromatic nitrogens is 3. The predicted molar refractivity (Wildman–Crippen MR) is 240 cm³/mol. The number of nitrogens with two attached hydrogens (primary N) is 1. The molecule has 0 amide bonds. The lowest BCUT2D eigenvalue weighted by atomic mass is 9.91. The maximum Gasteiger partial charge on any atom is 0.480 e. The van der Waals surface area contributed by atoms with Crippen LogP contribution < -0.4 is 5.73 Å². The molecule has 1 fully saturated rings. The Kier molecular flexibility index (Phi) is 23.9. The number of ether oxygens (including phenoxy) is 5. The molecule has 0 aliphatic carbocycles. The first-order chi connectivity index (χ1) is 31.3. The zero-order chi connectivity index (χ0) is 48.0. The van der Waals surface area contributed by atoms with E-state index in [1.165, 1.54) is 16.9 Å². The average Bonchev–Trinajstić information content (AvgIpc) is 3.85. The zero-order valence-corrected chi connectivity index (χ0v) is 40.7. The number of fused-ring (bicyclic) bond motifs is 1. The van der Waals surface area contributed by atoms with Crippen LogP contribution in [0.1, 0.15) is 164 Å². The van der Waals surface area contributed by atoms with Crippen molar-refractivity contribution in [3.05, 3.63) is 24.2 Å². The monoisotopic (exact) mass is 936 g/mol. The van der Waals surface area contributed by atoms with Gasteiger partial charge in [-0.15, -0.1) is 0 Å². The molecule has 0 unspecified atom stereocenters. The maximum atomic E-state index is 14.5. The number of nitrogen functional groups attached to an aromatic ring is 1. The number of carbonyl (C=O) groups is 4. The van der Waals surface area contributed by atoms with Gasteiger partial charge in [0.25, 0.3) is 0 Å². The molecule has 1 aliphatic heterocycles. The molecule has 0 saturated carbocycles. The second kappa shape index (κ2) is 28.1. The van der Waals surface area contributed by atoms with E-state index < -0.39 is 99.5 Å². The van der Waals surface area contributed by atoms with Gasteiger partial charge in [0, 0.05) is 0 Å². The van der Waals surface area contributed by atoms with Gasteiger partial charge >= 0.3 is 31.7 Å². The molecule has 0 radical (unpaired) electrons. The number of esters is 4. The van der Waals surface area contributed by atoms with Crippen molar-refractivity contribution in [3.63, 3.8) is 0 Å². The van der Waals surface area contributed by atoms with E-state index in [1.807, 2.05) is 55.4 Å². The summed E-state index contributed by atoms with van der Waals surface area (Å²) in [5, 5.41) is 15.6. The predicted octanol–water partition coefficient (Wildman–Crippen LogP) is 9.28. The number of nitriles is 1. The first-order valence-electron chi connectivity index (χ1n) is 23.7. The third kappa shape index (κ3) is 15.2. The largest absolute Gasteiger partial charge is 0.480 e. The molecule has 18 nitrogen and oxygen atoms in total. The molecule has 2 aromatic rings. The fourth-order valence-corrected chi connectivity index (χ4v) is 9.29. The van der Waals surface area contributed by atoms with Gasteiger partial charge in [0.05, 0.1) is 36.0 Å². The van der Waals surface area contributed by atoms with Crippen molar-refractivity contribution >= 4 is 43.0 Å². The Labute approximate surface area is 384 Å². The van der Waals surface area contributed by atoms with Crippen LogP contribution in [0.15, 0.2) is 18.5 Å². The summed E-state index contributed by atoms with van der Waals surface area (Å²) in [6.45, 7) is 13.1. The van der Waals surface area contributed by atoms with Crippen molar-refractivity contribution in [2.24, 2.45) is 23.7 Å². The van der Waals surface area contributed by atoms with Crippen molar-refractivity contribution in [2.45, 2.75) is 182 Å². The molecule has 2 aromatic heterocycles. The zero-order valence-electron chi connectivity index (χ0n) is 39.8. The minimum absolute atomic E-state index is 0.0728. The van der Waals surface area contributed by atoms with Gasteiger partial charge in [0.2, 0.25) is 19.2 Å². The molecule has 19 heteroatoms. The molecule has 3 heterocycles. The molecular formula is C46H74N5O13P. The van der Waals surface area contributed by atoms with Gasteiger partial charge < -0.3 is 29.4 Å². The normalized spacial score (nSPS) is 18.7. The highest BCUT2D eigenvalue weighted by Gasteiger charge is 2.63. The van der Waals surface area contributed by atoms with E-state index in [2.05, 4.69) is 16.2 Å². The van der Waals surface area contributed by atoms with Gasteiger partial charge in [-0.05, 0) is 63.5 Å². The second-order valence-electron chi connectivity index (χ2n) is 16.7. The number of rotatable bonds is 32. The minimum atomic E-state index is -4.85. The third-order valence-electron chi connectivity index (χ3n) is 11.6. The summed E-state index contributed by atoms with van der Waals surface area (Å²) in [5.41, 5.74) is 4.36. The smallest absolute Gasteiger partial charge is 0.455 e. The van der Waals surface area contributed by atoms with E-state index in [9.17, 15) is 29.0 Å². The van der Waals surface area contributed by atoms with Gasteiger partial charge in [0.15, 0.2) is 18.0 Å². The first kappa shape index (κ1) is 55.2. The Morgan fingerprint density at radius 3 is 1.57 bits per heavy atom. The first-order valence-corrected chi connectivity index (χ1v) is 25.2. The van der Waals surface area contributed by atoms with E-state index in [0.717, 1.165) is 25.7 Å². The lowest BCUT2D eigenvalue weighted by Crippen LogP contribution is -2.47. The summed E-state index contributed by atoms with van der Waals surface area (Å²) in [6.07, 6.45) is 6.40. The van der Waals surface area contributed by atoms with Crippen LogP contribution in [0.5, 0.6) is 0 Å². The van der Waals surface area contributed by atoms with Gasteiger partial charge in [-0.25, -0.2) is 23.1 Å². The number of nitrogens with zero attached hydrogens (tertiary/aromatic N) is 4. The van der Waals surface area contributed by atoms with E-state index >= 15 is 0 Å². The van der Waals surface area contributed by atoms with Crippen LogP contribution in [-0.4, -0.2) is 77.0 Å². The number of phosphoric ester groups is 1. The van der Waals surface area contributed by atoms with Gasteiger partial charge in [0.1, 0.15) is 24.0 Å². The lowest BCUT2D eigenvalue weighted by molar-refractivity contribution is -0.175. The third-order valence-corrected chi connectivity index (χ3v) is 12.9.